The number of alkyl halides is 1. The summed E-state index contributed by atoms with van der Waals surface area (Å²) in [6.07, 6.45) is 0. The molecular weight excluding hydrogens is 279 g/mol. The first-order chi connectivity index (χ1) is 9.02. The van der Waals surface area contributed by atoms with Crippen molar-refractivity contribution in [2.45, 2.75) is 39.1 Å². The summed E-state index contributed by atoms with van der Waals surface area (Å²) in [7, 11) is 0. The Labute approximate surface area is 124 Å². The van der Waals surface area contributed by atoms with Crippen LogP contribution in [0.3, 0.4) is 0 Å². The average molecular weight is 297 g/mol. The molecule has 0 N–H and O–H groups in total. The van der Waals surface area contributed by atoms with E-state index in [0.717, 1.165) is 11.3 Å². The van der Waals surface area contributed by atoms with Crippen LogP contribution in [0.15, 0.2) is 24.3 Å². The normalized spacial score (nSPS) is 11.3. The van der Waals surface area contributed by atoms with E-state index in [-0.39, 0.29) is 0 Å². The topological polar surface area (TPSA) is 17.8 Å². The molecule has 0 saturated heterocycles. The maximum absolute atomic E-state index is 6.37. The quantitative estimate of drug-likeness (QED) is 0.744. The van der Waals surface area contributed by atoms with Gasteiger partial charge in [0.2, 0.25) is 0 Å². The first kappa shape index (κ1) is 14.4. The highest BCUT2D eigenvalue weighted by Gasteiger charge is 2.17. The molecule has 1 heterocycles. The number of hydrogen-bond acceptors (Lipinski definition) is 1. The number of benzene rings is 1. The minimum absolute atomic E-state index is 0.325. The minimum Gasteiger partial charge on any atom is -0.249 e. The zero-order chi connectivity index (χ0) is 14.0. The highest BCUT2D eigenvalue weighted by atomic mass is 35.5. The molecule has 2 aromatic rings. The van der Waals surface area contributed by atoms with Gasteiger partial charge in [0.05, 0.1) is 18.1 Å². The van der Waals surface area contributed by atoms with Gasteiger partial charge in [-0.1, -0.05) is 55.3 Å². The third kappa shape index (κ3) is 3.13. The molecule has 0 radical (unpaired) electrons. The summed E-state index contributed by atoms with van der Waals surface area (Å²) >= 11 is 12.4. The summed E-state index contributed by atoms with van der Waals surface area (Å²) < 4.78 is 1.83. The lowest BCUT2D eigenvalue weighted by Crippen LogP contribution is -2.03. The molecular formula is C15H18Cl2N2. The summed E-state index contributed by atoms with van der Waals surface area (Å²) in [6, 6.07) is 8.39. The minimum atomic E-state index is 0.325. The maximum Gasteiger partial charge on any atom is 0.132 e. The fraction of sp³-hybridized carbons (Fsp3) is 0.400. The Bertz CT molecular complexity index is 556. The van der Waals surface area contributed by atoms with Gasteiger partial charge in [-0.3, -0.25) is 0 Å². The molecule has 2 rings (SSSR count). The summed E-state index contributed by atoms with van der Waals surface area (Å²) in [6.45, 7) is 6.96. The summed E-state index contributed by atoms with van der Waals surface area (Å²) in [5.41, 5.74) is 4.38. The van der Waals surface area contributed by atoms with Gasteiger partial charge < -0.3 is 0 Å². The Kier molecular flexibility index (Phi) is 4.54. The zero-order valence-corrected chi connectivity index (χ0v) is 13.0. The molecule has 0 amide bonds. The lowest BCUT2D eigenvalue weighted by atomic mass is 10.1. The number of hydrogen-bond donors (Lipinski definition) is 0. The van der Waals surface area contributed by atoms with Crippen molar-refractivity contribution in [2.24, 2.45) is 0 Å². The van der Waals surface area contributed by atoms with Gasteiger partial charge in [-0.2, -0.15) is 5.10 Å². The van der Waals surface area contributed by atoms with E-state index in [1.54, 1.807) is 0 Å². The van der Waals surface area contributed by atoms with Crippen molar-refractivity contribution < 1.29 is 0 Å². The van der Waals surface area contributed by atoms with Crippen molar-refractivity contribution in [3.63, 3.8) is 0 Å². The van der Waals surface area contributed by atoms with E-state index in [9.17, 15) is 0 Å². The Morgan fingerprint density at radius 1 is 1.21 bits per heavy atom. The second-order valence-corrected chi connectivity index (χ2v) is 5.71. The second kappa shape index (κ2) is 5.98. The molecule has 0 aliphatic carbocycles. The average Bonchev–Trinajstić information content (AvgIpc) is 2.69. The molecule has 0 aliphatic rings. The Hall–Kier alpha value is -0.990. The monoisotopic (exact) mass is 296 g/mol. The summed E-state index contributed by atoms with van der Waals surface area (Å²) in [4.78, 5) is 0. The van der Waals surface area contributed by atoms with E-state index in [4.69, 9.17) is 23.2 Å². The SMILES string of the molecule is Cc1ccc(Cn2nc(C(C)C)c(CCl)c2Cl)cc1. The molecule has 0 fully saturated rings. The number of halogens is 2. The van der Waals surface area contributed by atoms with E-state index < -0.39 is 0 Å². The van der Waals surface area contributed by atoms with Gasteiger partial charge in [0.25, 0.3) is 0 Å². The predicted molar refractivity (Wildman–Crippen MR) is 81.2 cm³/mol. The van der Waals surface area contributed by atoms with Crippen LogP contribution in [-0.4, -0.2) is 9.78 Å². The Morgan fingerprint density at radius 2 is 1.84 bits per heavy atom. The van der Waals surface area contributed by atoms with Crippen molar-refractivity contribution in [3.8, 4) is 0 Å². The molecule has 1 aromatic heterocycles. The van der Waals surface area contributed by atoms with E-state index in [1.807, 2.05) is 4.68 Å². The molecule has 4 heteroatoms. The lowest BCUT2D eigenvalue weighted by molar-refractivity contribution is 0.657. The van der Waals surface area contributed by atoms with E-state index >= 15 is 0 Å². The second-order valence-electron chi connectivity index (χ2n) is 5.09. The molecule has 0 saturated carbocycles. The Balaban J connectivity index is 2.32. The molecule has 0 aliphatic heterocycles. The van der Waals surface area contributed by atoms with Crippen molar-refractivity contribution in [1.29, 1.82) is 0 Å². The lowest BCUT2D eigenvalue weighted by Gasteiger charge is -2.04. The van der Waals surface area contributed by atoms with Gasteiger partial charge in [0, 0.05) is 5.56 Å². The largest absolute Gasteiger partial charge is 0.249 e. The number of aryl methyl sites for hydroxylation is 1. The van der Waals surface area contributed by atoms with Crippen molar-refractivity contribution in [2.75, 3.05) is 0 Å². The fourth-order valence-corrected chi connectivity index (χ4v) is 2.65. The molecule has 0 bridgehead atoms. The molecule has 102 valence electrons. The molecule has 0 atom stereocenters. The van der Waals surface area contributed by atoms with Crippen molar-refractivity contribution in [1.82, 2.24) is 9.78 Å². The fourth-order valence-electron chi connectivity index (χ4n) is 2.05. The highest BCUT2D eigenvalue weighted by Crippen LogP contribution is 2.27. The van der Waals surface area contributed by atoms with Crippen molar-refractivity contribution >= 4 is 23.2 Å². The van der Waals surface area contributed by atoms with Crippen LogP contribution in [0.5, 0.6) is 0 Å². The molecule has 0 spiro atoms. The van der Waals surface area contributed by atoms with E-state index in [2.05, 4.69) is 50.1 Å². The number of rotatable bonds is 4. The van der Waals surface area contributed by atoms with Gasteiger partial charge in [-0.15, -0.1) is 11.6 Å². The van der Waals surface area contributed by atoms with Gasteiger partial charge in [-0.25, -0.2) is 4.68 Å². The van der Waals surface area contributed by atoms with Gasteiger partial charge in [0.1, 0.15) is 5.15 Å². The third-order valence-corrected chi connectivity index (χ3v) is 3.84. The standard InChI is InChI=1S/C15H18Cl2N2/c1-10(2)14-13(8-16)15(17)19(18-14)9-12-6-4-11(3)5-7-12/h4-7,10H,8-9H2,1-3H3. The smallest absolute Gasteiger partial charge is 0.132 e. The first-order valence-electron chi connectivity index (χ1n) is 6.39. The highest BCUT2D eigenvalue weighted by molar-refractivity contribution is 6.31. The predicted octanol–water partition coefficient (Wildman–Crippen LogP) is 4.76. The van der Waals surface area contributed by atoms with Crippen LogP contribution in [0.2, 0.25) is 5.15 Å². The van der Waals surface area contributed by atoms with Crippen LogP contribution in [0, 0.1) is 6.92 Å². The van der Waals surface area contributed by atoms with Crippen LogP contribution >= 0.6 is 23.2 Å². The van der Waals surface area contributed by atoms with Crippen LogP contribution in [-0.2, 0) is 12.4 Å². The third-order valence-electron chi connectivity index (χ3n) is 3.15. The van der Waals surface area contributed by atoms with E-state index in [0.29, 0.717) is 23.5 Å². The Morgan fingerprint density at radius 3 is 2.32 bits per heavy atom. The van der Waals surface area contributed by atoms with Gasteiger partial charge in [0.15, 0.2) is 0 Å². The summed E-state index contributed by atoms with van der Waals surface area (Å²) in [5, 5.41) is 5.25. The zero-order valence-electron chi connectivity index (χ0n) is 11.5. The van der Waals surface area contributed by atoms with Gasteiger partial charge in [-0.05, 0) is 18.4 Å². The van der Waals surface area contributed by atoms with Crippen LogP contribution in [0.25, 0.3) is 0 Å². The van der Waals surface area contributed by atoms with Crippen LogP contribution in [0.1, 0.15) is 42.1 Å². The molecule has 19 heavy (non-hydrogen) atoms. The van der Waals surface area contributed by atoms with E-state index in [1.165, 1.54) is 11.1 Å². The number of nitrogens with zero attached hydrogens (tertiary/aromatic N) is 2. The van der Waals surface area contributed by atoms with Crippen LogP contribution in [0.4, 0.5) is 0 Å². The van der Waals surface area contributed by atoms with Gasteiger partial charge >= 0.3 is 0 Å². The molecule has 1 aromatic carbocycles. The maximum atomic E-state index is 6.37. The number of aromatic nitrogens is 2. The molecule has 0 unspecified atom stereocenters. The summed E-state index contributed by atoms with van der Waals surface area (Å²) in [5.74, 6) is 0.728. The first-order valence-corrected chi connectivity index (χ1v) is 7.30. The van der Waals surface area contributed by atoms with Crippen LogP contribution < -0.4 is 0 Å². The van der Waals surface area contributed by atoms with Crippen molar-refractivity contribution in [3.05, 3.63) is 51.8 Å². The molecule has 2 nitrogen and oxygen atoms in total.